The van der Waals surface area contributed by atoms with Crippen LogP contribution in [0.25, 0.3) is 11.1 Å². The van der Waals surface area contributed by atoms with Gasteiger partial charge in [0.2, 0.25) is 0 Å². The van der Waals surface area contributed by atoms with Gasteiger partial charge in [0, 0.05) is 11.1 Å². The van der Waals surface area contributed by atoms with Gasteiger partial charge in [-0.3, -0.25) is 0 Å². The number of fused-ring (bicyclic) bond motifs is 3. The van der Waals surface area contributed by atoms with E-state index in [1.165, 1.54) is 22.3 Å². The van der Waals surface area contributed by atoms with Crippen molar-refractivity contribution in [2.24, 2.45) is 0 Å². The lowest BCUT2D eigenvalue weighted by Crippen LogP contribution is -2.14. The van der Waals surface area contributed by atoms with Crippen molar-refractivity contribution >= 4 is 11.4 Å². The molecule has 0 fully saturated rings. The van der Waals surface area contributed by atoms with Crippen molar-refractivity contribution in [1.29, 1.82) is 0 Å². The number of para-hydroxylation sites is 1. The van der Waals surface area contributed by atoms with E-state index in [2.05, 4.69) is 62.5 Å². The van der Waals surface area contributed by atoms with Gasteiger partial charge in [0.15, 0.2) is 0 Å². The molecule has 24 heavy (non-hydrogen) atoms. The molecule has 3 aromatic carbocycles. The molecule has 1 aliphatic rings. The number of hydrogen-bond donors (Lipinski definition) is 2. The van der Waals surface area contributed by atoms with E-state index in [1.54, 1.807) is 0 Å². The van der Waals surface area contributed by atoms with Crippen LogP contribution in [-0.4, -0.2) is 5.11 Å². The summed E-state index contributed by atoms with van der Waals surface area (Å²) in [5.74, 6) is 0.290. The van der Waals surface area contributed by atoms with Gasteiger partial charge in [0.25, 0.3) is 0 Å². The molecule has 0 saturated carbocycles. The zero-order valence-electron chi connectivity index (χ0n) is 14.2. The molecule has 120 valence electrons. The fourth-order valence-corrected chi connectivity index (χ4v) is 3.69. The molecule has 0 radical (unpaired) electrons. The van der Waals surface area contributed by atoms with E-state index in [1.807, 2.05) is 24.3 Å². The second-order valence-electron chi connectivity index (χ2n) is 7.03. The van der Waals surface area contributed by atoms with Gasteiger partial charge in [-0.2, -0.15) is 0 Å². The fraction of sp³-hybridized carbons (Fsp3) is 0.182. The Kier molecular flexibility index (Phi) is 3.17. The van der Waals surface area contributed by atoms with E-state index >= 15 is 0 Å². The Morgan fingerprint density at radius 3 is 2.29 bits per heavy atom. The molecule has 0 amide bonds. The monoisotopic (exact) mass is 315 g/mol. The Hall–Kier alpha value is -2.74. The van der Waals surface area contributed by atoms with Crippen molar-refractivity contribution in [3.8, 4) is 16.9 Å². The van der Waals surface area contributed by atoms with Gasteiger partial charge in [-0.25, -0.2) is 0 Å². The summed E-state index contributed by atoms with van der Waals surface area (Å²) >= 11 is 0. The number of phenolic OH excluding ortho intramolecular Hbond substituents is 1. The predicted molar refractivity (Wildman–Crippen MR) is 100 cm³/mol. The fourth-order valence-electron chi connectivity index (χ4n) is 3.69. The van der Waals surface area contributed by atoms with Gasteiger partial charge in [0.1, 0.15) is 5.75 Å². The number of aromatic hydroxyl groups is 1. The molecule has 2 heteroatoms. The quantitative estimate of drug-likeness (QED) is 0.590. The number of nitrogens with one attached hydrogen (secondary N) is 1. The Balaban J connectivity index is 1.86. The largest absolute Gasteiger partial charge is 0.506 e. The minimum Gasteiger partial charge on any atom is -0.506 e. The molecule has 3 aromatic rings. The van der Waals surface area contributed by atoms with E-state index in [-0.39, 0.29) is 11.2 Å². The minimum absolute atomic E-state index is 0.0927. The molecular formula is C22H21NO. The molecule has 0 bridgehead atoms. The molecule has 4 rings (SSSR count). The van der Waals surface area contributed by atoms with E-state index in [9.17, 15) is 5.11 Å². The zero-order valence-corrected chi connectivity index (χ0v) is 14.2. The van der Waals surface area contributed by atoms with Crippen LogP contribution in [0.3, 0.4) is 0 Å². The number of hydrogen-bond acceptors (Lipinski definition) is 2. The highest BCUT2D eigenvalue weighted by molar-refractivity contribution is 5.86. The van der Waals surface area contributed by atoms with Crippen LogP contribution in [0.4, 0.5) is 11.4 Å². The number of benzene rings is 3. The van der Waals surface area contributed by atoms with E-state index in [0.29, 0.717) is 0 Å². The second kappa shape index (κ2) is 5.13. The molecular weight excluding hydrogens is 294 g/mol. The molecule has 0 unspecified atom stereocenters. The topological polar surface area (TPSA) is 32.3 Å². The molecule has 2 N–H and O–H groups in total. The predicted octanol–water partition coefficient (Wildman–Crippen LogP) is 5.75. The van der Waals surface area contributed by atoms with Crippen LogP contribution in [-0.2, 0) is 5.41 Å². The summed E-state index contributed by atoms with van der Waals surface area (Å²) in [5.41, 5.74) is 7.76. The lowest BCUT2D eigenvalue weighted by molar-refractivity contribution is 0.475. The van der Waals surface area contributed by atoms with Crippen LogP contribution >= 0.6 is 0 Å². The summed E-state index contributed by atoms with van der Waals surface area (Å²) in [6.07, 6.45) is 0. The maximum atomic E-state index is 10.6. The zero-order chi connectivity index (χ0) is 16.9. The van der Waals surface area contributed by atoms with Crippen molar-refractivity contribution < 1.29 is 5.11 Å². The van der Waals surface area contributed by atoms with E-state index in [4.69, 9.17) is 0 Å². The van der Waals surface area contributed by atoms with Crippen molar-refractivity contribution in [2.45, 2.75) is 26.2 Å². The first-order chi connectivity index (χ1) is 11.5. The normalized spacial score (nSPS) is 14.1. The van der Waals surface area contributed by atoms with E-state index in [0.717, 1.165) is 16.9 Å². The van der Waals surface area contributed by atoms with Crippen LogP contribution in [0.15, 0.2) is 60.7 Å². The summed E-state index contributed by atoms with van der Waals surface area (Å²) in [6.45, 7) is 6.49. The maximum absolute atomic E-state index is 10.6. The first-order valence-corrected chi connectivity index (χ1v) is 8.28. The molecule has 0 spiro atoms. The standard InChI is InChI=1S/C22H21NO/c1-14-8-4-7-11-19(14)23-20-12-16-15-9-5-6-10-17(15)22(2,3)18(16)13-21(20)24/h4-13,23-24H,1-3H3. The number of rotatable bonds is 2. The Morgan fingerprint density at radius 1 is 0.792 bits per heavy atom. The van der Waals surface area contributed by atoms with Gasteiger partial charge in [-0.1, -0.05) is 56.3 Å². The summed E-state index contributed by atoms with van der Waals surface area (Å²) in [6, 6.07) is 20.6. The van der Waals surface area contributed by atoms with Crippen molar-refractivity contribution in [3.63, 3.8) is 0 Å². The second-order valence-corrected chi connectivity index (χ2v) is 7.03. The third-order valence-corrected chi connectivity index (χ3v) is 5.11. The number of aryl methyl sites for hydroxylation is 1. The third kappa shape index (κ3) is 2.10. The molecule has 0 heterocycles. The van der Waals surface area contributed by atoms with Gasteiger partial charge in [-0.05, 0) is 52.9 Å². The van der Waals surface area contributed by atoms with Crippen molar-refractivity contribution in [3.05, 3.63) is 77.4 Å². The van der Waals surface area contributed by atoms with Crippen LogP contribution in [0.1, 0.15) is 30.5 Å². The molecule has 0 aromatic heterocycles. The number of phenols is 1. The highest BCUT2D eigenvalue weighted by Gasteiger charge is 2.35. The van der Waals surface area contributed by atoms with Crippen LogP contribution in [0.2, 0.25) is 0 Å². The van der Waals surface area contributed by atoms with Gasteiger partial charge in [0.05, 0.1) is 5.69 Å². The lowest BCUT2D eigenvalue weighted by Gasteiger charge is -2.22. The van der Waals surface area contributed by atoms with Gasteiger partial charge < -0.3 is 10.4 Å². The molecule has 0 atom stereocenters. The Morgan fingerprint density at radius 2 is 1.50 bits per heavy atom. The average Bonchev–Trinajstić information content (AvgIpc) is 2.78. The van der Waals surface area contributed by atoms with Crippen molar-refractivity contribution in [1.82, 2.24) is 0 Å². The molecule has 0 aliphatic heterocycles. The summed E-state index contributed by atoms with van der Waals surface area (Å²) < 4.78 is 0. The highest BCUT2D eigenvalue weighted by atomic mass is 16.3. The summed E-state index contributed by atoms with van der Waals surface area (Å²) in [7, 11) is 0. The number of anilines is 2. The highest BCUT2D eigenvalue weighted by Crippen LogP contribution is 2.51. The maximum Gasteiger partial charge on any atom is 0.139 e. The first kappa shape index (κ1) is 14.8. The lowest BCUT2D eigenvalue weighted by atomic mass is 9.82. The molecule has 0 saturated heterocycles. The average molecular weight is 315 g/mol. The van der Waals surface area contributed by atoms with Crippen LogP contribution in [0, 0.1) is 6.92 Å². The van der Waals surface area contributed by atoms with Crippen molar-refractivity contribution in [2.75, 3.05) is 5.32 Å². The Bertz CT molecular complexity index is 940. The molecule has 2 nitrogen and oxygen atoms in total. The first-order valence-electron chi connectivity index (χ1n) is 8.28. The smallest absolute Gasteiger partial charge is 0.139 e. The minimum atomic E-state index is -0.0927. The molecule has 1 aliphatic carbocycles. The van der Waals surface area contributed by atoms with Crippen LogP contribution < -0.4 is 5.32 Å². The SMILES string of the molecule is Cc1ccccc1Nc1cc2c(cc1O)C(C)(C)c1ccccc1-2. The van der Waals surface area contributed by atoms with Gasteiger partial charge >= 0.3 is 0 Å². The summed E-state index contributed by atoms with van der Waals surface area (Å²) in [5, 5.41) is 14.0. The van der Waals surface area contributed by atoms with Crippen LogP contribution in [0.5, 0.6) is 5.75 Å². The summed E-state index contributed by atoms with van der Waals surface area (Å²) in [4.78, 5) is 0. The Labute approximate surface area is 142 Å². The van der Waals surface area contributed by atoms with Gasteiger partial charge in [-0.15, -0.1) is 0 Å². The van der Waals surface area contributed by atoms with E-state index < -0.39 is 0 Å². The third-order valence-electron chi connectivity index (χ3n) is 5.11.